The molecule has 0 radical (unpaired) electrons. The van der Waals surface area contributed by atoms with E-state index in [1.807, 2.05) is 23.7 Å². The van der Waals surface area contributed by atoms with Gasteiger partial charge in [-0.3, -0.25) is 4.99 Å². The predicted octanol–water partition coefficient (Wildman–Crippen LogP) is 3.21. The summed E-state index contributed by atoms with van der Waals surface area (Å²) in [5, 5.41) is 11.4. The summed E-state index contributed by atoms with van der Waals surface area (Å²) in [6.45, 7) is 6.68. The molecule has 1 unspecified atom stereocenters. The first-order valence-corrected chi connectivity index (χ1v) is 9.25. The number of rotatable bonds is 7. The lowest BCUT2D eigenvalue weighted by Crippen LogP contribution is -2.42. The predicted molar refractivity (Wildman–Crippen MR) is 113 cm³/mol. The van der Waals surface area contributed by atoms with Gasteiger partial charge in [0.15, 0.2) is 5.96 Å². The average Bonchev–Trinajstić information content (AvgIpc) is 3.24. The maximum absolute atomic E-state index is 5.39. The van der Waals surface area contributed by atoms with Crippen molar-refractivity contribution in [2.75, 3.05) is 13.1 Å². The van der Waals surface area contributed by atoms with E-state index >= 15 is 0 Å². The second kappa shape index (κ2) is 10.5. The van der Waals surface area contributed by atoms with Gasteiger partial charge in [-0.15, -0.1) is 24.0 Å². The van der Waals surface area contributed by atoms with Crippen LogP contribution < -0.4 is 10.6 Å². The Hall–Kier alpha value is -1.58. The first-order chi connectivity index (χ1) is 12.3. The molecule has 7 nitrogen and oxygen atoms in total. The van der Waals surface area contributed by atoms with Gasteiger partial charge in [0, 0.05) is 26.1 Å². The number of aromatic nitrogens is 3. The molecular weight excluding hydrogens is 443 g/mol. The molecular formula is C18H29IN6O. The topological polar surface area (TPSA) is 80.3 Å². The molecule has 144 valence electrons. The Morgan fingerprint density at radius 2 is 2.35 bits per heavy atom. The lowest BCUT2D eigenvalue weighted by Gasteiger charge is -2.25. The Morgan fingerprint density at radius 1 is 1.46 bits per heavy atom. The number of nitrogens with zero attached hydrogens (tertiary/aromatic N) is 4. The van der Waals surface area contributed by atoms with Crippen LogP contribution in [0, 0.1) is 6.92 Å². The third kappa shape index (κ3) is 5.72. The van der Waals surface area contributed by atoms with E-state index in [1.165, 1.54) is 0 Å². The molecule has 0 saturated heterocycles. The lowest BCUT2D eigenvalue weighted by atomic mass is 10.1. The van der Waals surface area contributed by atoms with Gasteiger partial charge < -0.3 is 15.1 Å². The molecule has 0 saturated carbocycles. The second-order valence-corrected chi connectivity index (χ2v) is 6.42. The van der Waals surface area contributed by atoms with Gasteiger partial charge in [-0.2, -0.15) is 5.10 Å². The van der Waals surface area contributed by atoms with Crippen LogP contribution in [0.1, 0.15) is 56.1 Å². The lowest BCUT2D eigenvalue weighted by molar-refractivity contribution is 0.397. The number of aryl methyl sites for hydroxylation is 2. The Bertz CT molecular complexity index is 682. The summed E-state index contributed by atoms with van der Waals surface area (Å²) in [5.41, 5.74) is 0. The van der Waals surface area contributed by atoms with E-state index in [0.29, 0.717) is 0 Å². The summed E-state index contributed by atoms with van der Waals surface area (Å²) in [6.07, 6.45) is 6.92. The molecule has 1 atom stereocenters. The highest BCUT2D eigenvalue weighted by Gasteiger charge is 2.24. The SMILES string of the molecule is CCCCN=C(NCCc1ccco1)NC1CCCn2nc(C)nc21.I. The fourth-order valence-electron chi connectivity index (χ4n) is 3.03. The number of furan rings is 1. The molecule has 1 aliphatic heterocycles. The molecule has 2 aromatic heterocycles. The zero-order valence-corrected chi connectivity index (χ0v) is 17.9. The summed E-state index contributed by atoms with van der Waals surface area (Å²) in [6, 6.07) is 4.07. The van der Waals surface area contributed by atoms with Gasteiger partial charge in [-0.25, -0.2) is 9.67 Å². The van der Waals surface area contributed by atoms with Gasteiger partial charge in [0.1, 0.15) is 17.4 Å². The molecule has 0 aliphatic carbocycles. The number of hydrogen-bond acceptors (Lipinski definition) is 4. The van der Waals surface area contributed by atoms with Crippen molar-refractivity contribution in [1.82, 2.24) is 25.4 Å². The minimum Gasteiger partial charge on any atom is -0.469 e. The normalized spacial score (nSPS) is 16.7. The van der Waals surface area contributed by atoms with Gasteiger partial charge in [0.25, 0.3) is 0 Å². The standard InChI is InChI=1S/C18H28N6O.HI/c1-3-4-10-19-18(20-11-9-15-7-6-13-25-15)22-16-8-5-12-24-17(16)21-14(2)23-24;/h6-7,13,16H,3-5,8-12H2,1-2H3,(H2,19,20,22);1H. The summed E-state index contributed by atoms with van der Waals surface area (Å²) in [5.74, 6) is 3.67. The van der Waals surface area contributed by atoms with Crippen LogP contribution in [0.15, 0.2) is 27.8 Å². The van der Waals surface area contributed by atoms with Crippen LogP contribution in [-0.2, 0) is 13.0 Å². The number of halogens is 1. The molecule has 0 spiro atoms. The summed E-state index contributed by atoms with van der Waals surface area (Å²) in [7, 11) is 0. The fraction of sp³-hybridized carbons (Fsp3) is 0.611. The highest BCUT2D eigenvalue weighted by atomic mass is 127. The number of hydrogen-bond donors (Lipinski definition) is 2. The maximum Gasteiger partial charge on any atom is 0.191 e. The Balaban J connectivity index is 0.00000243. The molecule has 8 heteroatoms. The van der Waals surface area contributed by atoms with Crippen molar-refractivity contribution in [3.8, 4) is 0 Å². The van der Waals surface area contributed by atoms with E-state index in [4.69, 9.17) is 9.41 Å². The van der Waals surface area contributed by atoms with Crippen molar-refractivity contribution in [3.05, 3.63) is 35.8 Å². The third-order valence-corrected chi connectivity index (χ3v) is 4.32. The maximum atomic E-state index is 5.39. The Labute approximate surface area is 172 Å². The van der Waals surface area contributed by atoms with Crippen LogP contribution in [0.3, 0.4) is 0 Å². The molecule has 3 rings (SSSR count). The average molecular weight is 472 g/mol. The molecule has 26 heavy (non-hydrogen) atoms. The summed E-state index contributed by atoms with van der Waals surface area (Å²) < 4.78 is 7.41. The van der Waals surface area contributed by atoms with Crippen molar-refractivity contribution in [3.63, 3.8) is 0 Å². The molecule has 2 N–H and O–H groups in total. The first kappa shape index (κ1) is 20.7. The van der Waals surface area contributed by atoms with Crippen molar-refractivity contribution in [1.29, 1.82) is 0 Å². The number of nitrogens with one attached hydrogen (secondary N) is 2. The fourth-order valence-corrected chi connectivity index (χ4v) is 3.03. The Kier molecular flexibility index (Phi) is 8.40. The van der Waals surface area contributed by atoms with Crippen molar-refractivity contribution < 1.29 is 4.42 Å². The van der Waals surface area contributed by atoms with Crippen LogP contribution in [-0.4, -0.2) is 33.8 Å². The van der Waals surface area contributed by atoms with E-state index in [1.54, 1.807) is 6.26 Å². The quantitative estimate of drug-likeness (QED) is 0.280. The van der Waals surface area contributed by atoms with Gasteiger partial charge in [-0.05, 0) is 38.3 Å². The summed E-state index contributed by atoms with van der Waals surface area (Å²) >= 11 is 0. The molecule has 2 aromatic rings. The van der Waals surface area contributed by atoms with Gasteiger partial charge in [0.05, 0.1) is 12.3 Å². The number of unbranched alkanes of at least 4 members (excludes halogenated alkanes) is 1. The number of fused-ring (bicyclic) bond motifs is 1. The third-order valence-electron chi connectivity index (χ3n) is 4.32. The second-order valence-electron chi connectivity index (χ2n) is 6.42. The summed E-state index contributed by atoms with van der Waals surface area (Å²) in [4.78, 5) is 9.31. The highest BCUT2D eigenvalue weighted by molar-refractivity contribution is 14.0. The molecule has 0 fully saturated rings. The highest BCUT2D eigenvalue weighted by Crippen LogP contribution is 2.22. The number of guanidine groups is 1. The van der Waals surface area contributed by atoms with Crippen LogP contribution >= 0.6 is 24.0 Å². The van der Waals surface area contributed by atoms with E-state index in [-0.39, 0.29) is 30.0 Å². The van der Waals surface area contributed by atoms with Gasteiger partial charge in [0.2, 0.25) is 0 Å². The molecule has 0 aromatic carbocycles. The molecule has 0 amide bonds. The molecule has 0 bridgehead atoms. The minimum atomic E-state index is 0. The van der Waals surface area contributed by atoms with Crippen LogP contribution in [0.4, 0.5) is 0 Å². The van der Waals surface area contributed by atoms with E-state index in [9.17, 15) is 0 Å². The van der Waals surface area contributed by atoms with Crippen molar-refractivity contribution >= 4 is 29.9 Å². The van der Waals surface area contributed by atoms with Gasteiger partial charge >= 0.3 is 0 Å². The smallest absolute Gasteiger partial charge is 0.191 e. The molecule has 1 aliphatic rings. The Morgan fingerprint density at radius 3 is 3.12 bits per heavy atom. The zero-order chi connectivity index (χ0) is 17.5. The van der Waals surface area contributed by atoms with Crippen molar-refractivity contribution in [2.45, 2.75) is 58.5 Å². The monoisotopic (exact) mass is 472 g/mol. The van der Waals surface area contributed by atoms with Crippen molar-refractivity contribution in [2.24, 2.45) is 4.99 Å². The van der Waals surface area contributed by atoms with E-state index in [0.717, 1.165) is 75.1 Å². The van der Waals surface area contributed by atoms with Crippen LogP contribution in [0.5, 0.6) is 0 Å². The first-order valence-electron chi connectivity index (χ1n) is 9.25. The van der Waals surface area contributed by atoms with Gasteiger partial charge in [-0.1, -0.05) is 13.3 Å². The zero-order valence-electron chi connectivity index (χ0n) is 15.6. The van der Waals surface area contributed by atoms with Crippen LogP contribution in [0.2, 0.25) is 0 Å². The molecule has 3 heterocycles. The number of aliphatic imine (C=N–C) groups is 1. The largest absolute Gasteiger partial charge is 0.469 e. The van der Waals surface area contributed by atoms with Crippen LogP contribution in [0.25, 0.3) is 0 Å². The minimum absolute atomic E-state index is 0. The van der Waals surface area contributed by atoms with E-state index in [2.05, 4.69) is 27.6 Å². The van der Waals surface area contributed by atoms with E-state index < -0.39 is 0 Å².